The minimum Gasteiger partial charge on any atom is -0.349 e. The zero-order valence-electron chi connectivity index (χ0n) is 8.37. The van der Waals surface area contributed by atoms with Gasteiger partial charge in [0.05, 0.1) is 0 Å². The van der Waals surface area contributed by atoms with Gasteiger partial charge >= 0.3 is 0 Å². The molecule has 5 nitrogen and oxygen atoms in total. The second-order valence-electron chi connectivity index (χ2n) is 3.14. The predicted octanol–water partition coefficient (Wildman–Crippen LogP) is 1.56. The van der Waals surface area contributed by atoms with Crippen molar-refractivity contribution in [3.8, 4) is 0 Å². The van der Waals surface area contributed by atoms with E-state index in [4.69, 9.17) is 4.52 Å². The summed E-state index contributed by atoms with van der Waals surface area (Å²) in [5.41, 5.74) is 1.21. The highest BCUT2D eigenvalue weighted by Gasteiger charge is 2.19. The zero-order valence-corrected chi connectivity index (χ0v) is 8.37. The van der Waals surface area contributed by atoms with E-state index < -0.39 is 0 Å². The number of hydrogen-bond donors (Lipinski definition) is 0. The topological polar surface area (TPSA) is 60.9 Å². The molecule has 0 saturated heterocycles. The lowest BCUT2D eigenvalue weighted by molar-refractivity contribution is 0.0980. The predicted molar refractivity (Wildman–Crippen MR) is 50.2 cm³/mol. The number of hydrogen-bond acceptors (Lipinski definition) is 4. The Hall–Kier alpha value is -1.65. The second kappa shape index (κ2) is 2.94. The molecule has 0 aromatic carbocycles. The Morgan fingerprint density at radius 2 is 2.29 bits per heavy atom. The first-order valence-electron chi connectivity index (χ1n) is 4.48. The third kappa shape index (κ3) is 1.05. The van der Waals surface area contributed by atoms with Crippen molar-refractivity contribution in [2.24, 2.45) is 0 Å². The maximum absolute atomic E-state index is 11.2. The summed E-state index contributed by atoms with van der Waals surface area (Å²) in [6, 6.07) is 0. The van der Waals surface area contributed by atoms with Crippen molar-refractivity contribution in [1.29, 1.82) is 0 Å². The molecule has 2 rings (SSSR count). The number of aromatic nitrogens is 3. The number of ketones is 1. The summed E-state index contributed by atoms with van der Waals surface area (Å²) >= 11 is 0. The molecule has 0 unspecified atom stereocenters. The van der Waals surface area contributed by atoms with Crippen LogP contribution in [-0.2, 0) is 6.54 Å². The van der Waals surface area contributed by atoms with Crippen LogP contribution < -0.4 is 0 Å². The molecule has 2 aromatic heterocycles. The van der Waals surface area contributed by atoms with Gasteiger partial charge in [-0.2, -0.15) is 0 Å². The van der Waals surface area contributed by atoms with Gasteiger partial charge in [-0.1, -0.05) is 5.16 Å². The number of carbonyl (C=O) groups excluding carboxylic acids is 1. The molecular weight excluding hydrogens is 182 g/mol. The van der Waals surface area contributed by atoms with E-state index in [9.17, 15) is 4.79 Å². The van der Waals surface area contributed by atoms with Crippen molar-refractivity contribution in [2.45, 2.75) is 27.3 Å². The summed E-state index contributed by atoms with van der Waals surface area (Å²) < 4.78 is 6.85. The highest BCUT2D eigenvalue weighted by Crippen LogP contribution is 2.19. The molecule has 74 valence electrons. The van der Waals surface area contributed by atoms with Crippen molar-refractivity contribution >= 4 is 16.9 Å². The van der Waals surface area contributed by atoms with E-state index in [1.165, 1.54) is 6.92 Å². The van der Waals surface area contributed by atoms with Crippen molar-refractivity contribution in [3.63, 3.8) is 0 Å². The molecule has 0 amide bonds. The summed E-state index contributed by atoms with van der Waals surface area (Å²) in [6.07, 6.45) is 0. The minimum absolute atomic E-state index is 0.123. The van der Waals surface area contributed by atoms with Crippen LogP contribution in [0.2, 0.25) is 0 Å². The summed E-state index contributed by atoms with van der Waals surface area (Å²) in [6.45, 7) is 6.09. The van der Waals surface area contributed by atoms with Gasteiger partial charge in [0.15, 0.2) is 5.78 Å². The maximum atomic E-state index is 11.2. The van der Waals surface area contributed by atoms with Crippen molar-refractivity contribution in [3.05, 3.63) is 11.6 Å². The van der Waals surface area contributed by atoms with Crippen LogP contribution in [0.3, 0.4) is 0 Å². The summed E-state index contributed by atoms with van der Waals surface area (Å²) in [4.78, 5) is 15.4. The highest BCUT2D eigenvalue weighted by molar-refractivity contribution is 6.01. The van der Waals surface area contributed by atoms with Crippen LogP contribution in [0.25, 0.3) is 11.2 Å². The van der Waals surface area contributed by atoms with Gasteiger partial charge in [0.2, 0.25) is 11.4 Å². The van der Waals surface area contributed by atoms with Crippen LogP contribution in [0.1, 0.15) is 30.2 Å². The summed E-state index contributed by atoms with van der Waals surface area (Å²) in [7, 11) is 0. The zero-order chi connectivity index (χ0) is 10.3. The number of imidazole rings is 1. The molecule has 2 heterocycles. The first-order valence-corrected chi connectivity index (χ1v) is 4.48. The molecule has 0 bridgehead atoms. The molecule has 0 N–H and O–H groups in total. The number of Topliss-reactive ketones (excluding diaryl/α,β-unsaturated/α-hetero) is 1. The fraction of sp³-hybridized carbons (Fsp3) is 0.444. The van der Waals surface area contributed by atoms with E-state index in [2.05, 4.69) is 10.1 Å². The fourth-order valence-corrected chi connectivity index (χ4v) is 1.59. The third-order valence-electron chi connectivity index (χ3n) is 2.21. The molecule has 0 spiro atoms. The maximum Gasteiger partial charge on any atom is 0.228 e. The van der Waals surface area contributed by atoms with Crippen molar-refractivity contribution in [2.75, 3.05) is 0 Å². The molecule has 14 heavy (non-hydrogen) atoms. The smallest absolute Gasteiger partial charge is 0.228 e. The third-order valence-corrected chi connectivity index (χ3v) is 2.21. The Morgan fingerprint density at radius 1 is 1.57 bits per heavy atom. The van der Waals surface area contributed by atoms with Gasteiger partial charge in [-0.25, -0.2) is 4.98 Å². The number of aryl methyl sites for hydroxylation is 2. The molecule has 0 aliphatic carbocycles. The van der Waals surface area contributed by atoms with Crippen LogP contribution in [0.5, 0.6) is 0 Å². The lowest BCUT2D eigenvalue weighted by atomic mass is 10.3. The van der Waals surface area contributed by atoms with E-state index in [0.717, 1.165) is 12.4 Å². The number of rotatable bonds is 2. The molecule has 2 aromatic rings. The van der Waals surface area contributed by atoms with Crippen LogP contribution >= 0.6 is 0 Å². The van der Waals surface area contributed by atoms with E-state index in [-0.39, 0.29) is 5.78 Å². The highest BCUT2D eigenvalue weighted by atomic mass is 16.5. The largest absolute Gasteiger partial charge is 0.349 e. The van der Waals surface area contributed by atoms with Gasteiger partial charge in [-0.15, -0.1) is 0 Å². The lowest BCUT2D eigenvalue weighted by Crippen LogP contribution is -2.00. The van der Waals surface area contributed by atoms with E-state index >= 15 is 0 Å². The van der Waals surface area contributed by atoms with Crippen molar-refractivity contribution in [1.82, 2.24) is 14.7 Å². The average Bonchev–Trinajstić information content (AvgIpc) is 2.61. The standard InChI is InChI=1S/C9H11N3O2/c1-4-12-6(3)10-9-7(12)8(5(2)13)14-11-9/h4H2,1-3H3. The second-order valence-corrected chi connectivity index (χ2v) is 3.14. The fourth-order valence-electron chi connectivity index (χ4n) is 1.59. The van der Waals surface area contributed by atoms with Gasteiger partial charge in [-0.3, -0.25) is 4.79 Å². The summed E-state index contributed by atoms with van der Waals surface area (Å²) in [5, 5.41) is 3.74. The Morgan fingerprint density at radius 3 is 2.86 bits per heavy atom. The molecule has 0 radical (unpaired) electrons. The Balaban J connectivity index is 2.81. The van der Waals surface area contributed by atoms with Gasteiger partial charge in [0.25, 0.3) is 0 Å². The molecular formula is C9H11N3O2. The number of nitrogens with zero attached hydrogens (tertiary/aromatic N) is 3. The van der Waals surface area contributed by atoms with Crippen LogP contribution in [0, 0.1) is 6.92 Å². The molecule has 0 aliphatic heterocycles. The SMILES string of the molecule is CCn1c(C)nc2noc(C(C)=O)c21. The van der Waals surface area contributed by atoms with Gasteiger partial charge in [0, 0.05) is 13.5 Å². The van der Waals surface area contributed by atoms with Gasteiger partial charge < -0.3 is 9.09 Å². The minimum atomic E-state index is -0.123. The van der Waals surface area contributed by atoms with Gasteiger partial charge in [0.1, 0.15) is 11.3 Å². The van der Waals surface area contributed by atoms with Crippen molar-refractivity contribution < 1.29 is 9.32 Å². The Labute approximate surface area is 80.7 Å². The van der Waals surface area contributed by atoms with Crippen LogP contribution in [-0.4, -0.2) is 20.5 Å². The first kappa shape index (κ1) is 8.93. The van der Waals surface area contributed by atoms with E-state index in [1.807, 2.05) is 18.4 Å². The van der Waals surface area contributed by atoms with Gasteiger partial charge in [-0.05, 0) is 13.8 Å². The van der Waals surface area contributed by atoms with E-state index in [0.29, 0.717) is 16.9 Å². The molecule has 5 heteroatoms. The Bertz CT molecular complexity index is 495. The quantitative estimate of drug-likeness (QED) is 0.679. The average molecular weight is 193 g/mol. The molecule has 0 saturated carbocycles. The normalized spacial score (nSPS) is 11.1. The molecule has 0 aliphatic rings. The first-order chi connectivity index (χ1) is 6.65. The van der Waals surface area contributed by atoms with Crippen LogP contribution in [0.15, 0.2) is 4.52 Å². The van der Waals surface area contributed by atoms with E-state index in [1.54, 1.807) is 0 Å². The number of fused-ring (bicyclic) bond motifs is 1. The molecule has 0 atom stereocenters. The summed E-state index contributed by atoms with van der Waals surface area (Å²) in [5.74, 6) is 1.02. The number of carbonyl (C=O) groups is 1. The lowest BCUT2D eigenvalue weighted by Gasteiger charge is -2.00. The molecule has 0 fully saturated rings. The Kier molecular flexibility index (Phi) is 1.87. The van der Waals surface area contributed by atoms with Crippen LogP contribution in [0.4, 0.5) is 0 Å². The monoisotopic (exact) mass is 193 g/mol.